The minimum atomic E-state index is -0.772. The molecule has 8 nitrogen and oxygen atoms in total. The van der Waals surface area contributed by atoms with Gasteiger partial charge in [0.2, 0.25) is 5.91 Å². The Morgan fingerprint density at radius 3 is 2.55 bits per heavy atom. The van der Waals surface area contributed by atoms with Gasteiger partial charge in [0.15, 0.2) is 6.61 Å². The predicted octanol–water partition coefficient (Wildman–Crippen LogP) is 2.63. The Morgan fingerprint density at radius 2 is 1.84 bits per heavy atom. The number of aryl methyl sites for hydroxylation is 2. The van der Waals surface area contributed by atoms with Crippen LogP contribution < -0.4 is 10.7 Å². The molecule has 3 rings (SSSR count). The summed E-state index contributed by atoms with van der Waals surface area (Å²) in [5.74, 6) is -2.82. The van der Waals surface area contributed by atoms with Crippen molar-refractivity contribution in [2.45, 2.75) is 20.3 Å². The van der Waals surface area contributed by atoms with E-state index < -0.39 is 36.2 Å². The zero-order valence-electron chi connectivity index (χ0n) is 17.1. The molecule has 162 valence electrons. The van der Waals surface area contributed by atoms with Gasteiger partial charge < -0.3 is 10.1 Å². The molecule has 2 aromatic rings. The topological polar surface area (TPSA) is 105 Å². The normalized spacial score (nSPS) is 15.5. The van der Waals surface area contributed by atoms with Crippen molar-refractivity contribution in [2.75, 3.05) is 18.5 Å². The maximum absolute atomic E-state index is 12.3. The van der Waals surface area contributed by atoms with Crippen molar-refractivity contribution in [2.24, 2.45) is 5.92 Å². The van der Waals surface area contributed by atoms with Crippen molar-refractivity contribution >= 4 is 41.0 Å². The van der Waals surface area contributed by atoms with Crippen LogP contribution in [0.1, 0.15) is 27.9 Å². The number of hydrogen-bond donors (Lipinski definition) is 2. The van der Waals surface area contributed by atoms with Crippen LogP contribution in [0.25, 0.3) is 0 Å². The molecule has 2 aromatic carbocycles. The fourth-order valence-corrected chi connectivity index (χ4v) is 3.21. The van der Waals surface area contributed by atoms with Gasteiger partial charge in [-0.05, 0) is 43.7 Å². The van der Waals surface area contributed by atoms with Crippen LogP contribution in [0.2, 0.25) is 5.02 Å². The minimum absolute atomic E-state index is 0.0235. The highest BCUT2D eigenvalue weighted by atomic mass is 35.5. The summed E-state index contributed by atoms with van der Waals surface area (Å²) >= 11 is 5.92. The number of hydrazine groups is 1. The van der Waals surface area contributed by atoms with Gasteiger partial charge in [-0.3, -0.25) is 29.6 Å². The van der Waals surface area contributed by atoms with Crippen molar-refractivity contribution in [1.82, 2.24) is 10.4 Å². The number of nitrogens with one attached hydrogen (secondary N) is 2. The molecule has 1 saturated heterocycles. The number of hydrogen-bond acceptors (Lipinski definition) is 5. The Bertz CT molecular complexity index is 1020. The van der Waals surface area contributed by atoms with Gasteiger partial charge in [0.1, 0.15) is 0 Å². The Hall–Kier alpha value is -3.39. The van der Waals surface area contributed by atoms with Crippen LogP contribution in [0.3, 0.4) is 0 Å². The van der Waals surface area contributed by atoms with Crippen LogP contribution in [0.5, 0.6) is 0 Å². The highest BCUT2D eigenvalue weighted by Crippen LogP contribution is 2.21. The van der Waals surface area contributed by atoms with Gasteiger partial charge in [-0.25, -0.2) is 0 Å². The SMILES string of the molecule is Cc1ccc(C(=O)NN2C[C@@H](C(=O)OCC(=O)Nc3cc(Cl)ccc3C)CC2=O)cc1. The molecule has 0 unspecified atom stereocenters. The molecule has 0 spiro atoms. The summed E-state index contributed by atoms with van der Waals surface area (Å²) in [6, 6.07) is 11.9. The molecular weight excluding hydrogens is 422 g/mol. The smallest absolute Gasteiger partial charge is 0.311 e. The van der Waals surface area contributed by atoms with E-state index in [0.717, 1.165) is 16.1 Å². The van der Waals surface area contributed by atoms with Crippen LogP contribution in [0, 0.1) is 19.8 Å². The number of nitrogens with zero attached hydrogens (tertiary/aromatic N) is 1. The number of benzene rings is 2. The molecular formula is C22H22ClN3O5. The van der Waals surface area contributed by atoms with E-state index in [2.05, 4.69) is 10.7 Å². The van der Waals surface area contributed by atoms with E-state index in [0.29, 0.717) is 16.3 Å². The van der Waals surface area contributed by atoms with E-state index in [9.17, 15) is 19.2 Å². The summed E-state index contributed by atoms with van der Waals surface area (Å²) in [7, 11) is 0. The van der Waals surface area contributed by atoms with E-state index >= 15 is 0 Å². The van der Waals surface area contributed by atoms with Crippen molar-refractivity contribution in [3.05, 3.63) is 64.2 Å². The summed E-state index contributed by atoms with van der Waals surface area (Å²) in [5.41, 5.74) is 5.24. The molecule has 3 amide bonds. The summed E-state index contributed by atoms with van der Waals surface area (Å²) in [5, 5.41) is 4.20. The molecule has 1 heterocycles. The van der Waals surface area contributed by atoms with Crippen LogP contribution in [0.15, 0.2) is 42.5 Å². The van der Waals surface area contributed by atoms with Gasteiger partial charge in [-0.15, -0.1) is 0 Å². The zero-order chi connectivity index (χ0) is 22.5. The largest absolute Gasteiger partial charge is 0.455 e. The van der Waals surface area contributed by atoms with Gasteiger partial charge >= 0.3 is 5.97 Å². The molecule has 0 bridgehead atoms. The third kappa shape index (κ3) is 5.82. The molecule has 31 heavy (non-hydrogen) atoms. The molecule has 0 aliphatic carbocycles. The number of halogens is 1. The summed E-state index contributed by atoms with van der Waals surface area (Å²) in [6.07, 6.45) is -0.109. The molecule has 2 N–H and O–H groups in total. The van der Waals surface area contributed by atoms with Crippen molar-refractivity contribution in [3.8, 4) is 0 Å². The van der Waals surface area contributed by atoms with Gasteiger partial charge in [0.05, 0.1) is 12.5 Å². The van der Waals surface area contributed by atoms with E-state index in [4.69, 9.17) is 16.3 Å². The standard InChI is InChI=1S/C22H22ClN3O5/c1-13-3-6-15(7-4-13)21(29)25-26-11-16(9-20(26)28)22(30)31-12-19(27)24-18-10-17(23)8-5-14(18)2/h3-8,10,16H,9,11-12H2,1-2H3,(H,24,27)(H,25,29)/t16-/m0/s1. The van der Waals surface area contributed by atoms with E-state index in [1.54, 1.807) is 42.5 Å². The zero-order valence-corrected chi connectivity index (χ0v) is 17.9. The Kier molecular flexibility index (Phi) is 6.91. The second-order valence-electron chi connectivity index (χ2n) is 7.33. The molecule has 0 saturated carbocycles. The molecule has 9 heteroatoms. The molecule has 1 fully saturated rings. The number of esters is 1. The monoisotopic (exact) mass is 443 g/mol. The maximum Gasteiger partial charge on any atom is 0.311 e. The number of anilines is 1. The summed E-state index contributed by atoms with van der Waals surface area (Å²) in [6.45, 7) is 3.19. The highest BCUT2D eigenvalue weighted by molar-refractivity contribution is 6.31. The van der Waals surface area contributed by atoms with Crippen molar-refractivity contribution < 1.29 is 23.9 Å². The Labute approximate surface area is 184 Å². The number of carbonyl (C=O) groups excluding carboxylic acids is 4. The summed E-state index contributed by atoms with van der Waals surface area (Å²) < 4.78 is 5.05. The lowest BCUT2D eigenvalue weighted by molar-refractivity contribution is -0.151. The van der Waals surface area contributed by atoms with Crippen LogP contribution in [-0.4, -0.2) is 41.9 Å². The first-order valence-corrected chi connectivity index (χ1v) is 10.0. The lowest BCUT2D eigenvalue weighted by atomic mass is 10.1. The fourth-order valence-electron chi connectivity index (χ4n) is 3.04. The van der Waals surface area contributed by atoms with E-state index in [1.165, 1.54) is 0 Å². The van der Waals surface area contributed by atoms with Gasteiger partial charge in [0, 0.05) is 22.7 Å². The van der Waals surface area contributed by atoms with E-state index in [1.807, 2.05) is 13.8 Å². The predicted molar refractivity (Wildman–Crippen MR) is 114 cm³/mol. The second-order valence-corrected chi connectivity index (χ2v) is 7.76. The first-order chi connectivity index (χ1) is 14.7. The van der Waals surface area contributed by atoms with Crippen molar-refractivity contribution in [3.63, 3.8) is 0 Å². The fraction of sp³-hybridized carbons (Fsp3) is 0.273. The van der Waals surface area contributed by atoms with Gasteiger partial charge in [-0.2, -0.15) is 0 Å². The average molecular weight is 444 g/mol. The lowest BCUT2D eigenvalue weighted by Crippen LogP contribution is -2.43. The third-order valence-electron chi connectivity index (χ3n) is 4.83. The quantitative estimate of drug-likeness (QED) is 0.668. The molecule has 1 aliphatic heterocycles. The second kappa shape index (κ2) is 9.61. The van der Waals surface area contributed by atoms with Crippen LogP contribution in [0.4, 0.5) is 5.69 Å². The lowest BCUT2D eigenvalue weighted by Gasteiger charge is -2.17. The molecule has 1 atom stereocenters. The van der Waals surface area contributed by atoms with Crippen molar-refractivity contribution in [1.29, 1.82) is 0 Å². The Balaban J connectivity index is 1.49. The molecule has 0 aromatic heterocycles. The van der Waals surface area contributed by atoms with Gasteiger partial charge in [0.25, 0.3) is 11.8 Å². The average Bonchev–Trinajstić information content (AvgIpc) is 3.09. The number of carbonyl (C=O) groups is 4. The number of amides is 3. The van der Waals surface area contributed by atoms with Gasteiger partial charge in [-0.1, -0.05) is 35.4 Å². The molecule has 0 radical (unpaired) electrons. The minimum Gasteiger partial charge on any atom is -0.455 e. The number of rotatable bonds is 6. The maximum atomic E-state index is 12.3. The first kappa shape index (κ1) is 22.3. The molecule has 1 aliphatic rings. The van der Waals surface area contributed by atoms with E-state index in [-0.39, 0.29) is 13.0 Å². The first-order valence-electron chi connectivity index (χ1n) is 9.63. The highest BCUT2D eigenvalue weighted by Gasteiger charge is 2.36. The van der Waals surface area contributed by atoms with Crippen LogP contribution in [-0.2, 0) is 19.1 Å². The number of ether oxygens (including phenoxy) is 1. The van der Waals surface area contributed by atoms with Crippen LogP contribution >= 0.6 is 11.6 Å². The third-order valence-corrected chi connectivity index (χ3v) is 5.06. The Morgan fingerprint density at radius 1 is 1.13 bits per heavy atom. The summed E-state index contributed by atoms with van der Waals surface area (Å²) in [4.78, 5) is 48.8.